The van der Waals surface area contributed by atoms with Gasteiger partial charge in [-0.15, -0.1) is 0 Å². The number of benzene rings is 1. The SMILES string of the molecule is C=C1CCC[C@]2(C)C[C@H]3OC(=O)C(CN4CCN(c5cc(C)ccc5C)CC4)[C@H]3C[C@@H]12. The molecule has 0 N–H and O–H groups in total. The molecule has 0 spiro atoms. The number of hydrogen-bond acceptors (Lipinski definition) is 4. The summed E-state index contributed by atoms with van der Waals surface area (Å²) in [6.45, 7) is 16.1. The van der Waals surface area contributed by atoms with Crippen LogP contribution in [0.5, 0.6) is 0 Å². The van der Waals surface area contributed by atoms with Gasteiger partial charge in [0.25, 0.3) is 0 Å². The molecule has 4 aliphatic rings. The summed E-state index contributed by atoms with van der Waals surface area (Å²) in [6, 6.07) is 6.72. The van der Waals surface area contributed by atoms with Gasteiger partial charge in [0.1, 0.15) is 6.10 Å². The molecule has 2 saturated heterocycles. The standard InChI is InChI=1S/C27H38N2O2/c1-18-7-8-20(3)24(14-18)29-12-10-28(11-13-29)17-22-21-15-23-19(2)6-5-9-27(23,4)16-25(21)31-26(22)30/h7-8,14,21-23,25H,2,5-6,9-13,15-17H2,1,3-4H3/t21-,22?,23+,25-,27-/m1/s1. The first-order valence-corrected chi connectivity index (χ1v) is 12.3. The minimum Gasteiger partial charge on any atom is -0.462 e. The minimum atomic E-state index is 0.0385. The molecule has 2 heterocycles. The van der Waals surface area contributed by atoms with Gasteiger partial charge in [0, 0.05) is 44.3 Å². The maximum atomic E-state index is 12.9. The van der Waals surface area contributed by atoms with Crippen LogP contribution in [0.2, 0.25) is 0 Å². The molecular weight excluding hydrogens is 384 g/mol. The number of anilines is 1. The number of rotatable bonds is 3. The maximum absolute atomic E-state index is 12.9. The number of ether oxygens (including phenoxy) is 1. The summed E-state index contributed by atoms with van der Waals surface area (Å²) in [6.07, 6.45) is 5.91. The van der Waals surface area contributed by atoms with E-state index in [0.717, 1.165) is 52.0 Å². The van der Waals surface area contributed by atoms with E-state index < -0.39 is 0 Å². The predicted octanol–water partition coefficient (Wildman–Crippen LogP) is 4.74. The molecule has 5 atom stereocenters. The molecule has 4 nitrogen and oxygen atoms in total. The number of carbonyl (C=O) groups excluding carboxylic acids is 1. The monoisotopic (exact) mass is 422 g/mol. The number of aryl methyl sites for hydroxylation is 2. The lowest BCUT2D eigenvalue weighted by Crippen LogP contribution is -2.50. The highest BCUT2D eigenvalue weighted by Gasteiger charge is 2.55. The van der Waals surface area contributed by atoms with E-state index >= 15 is 0 Å². The third kappa shape index (κ3) is 3.82. The highest BCUT2D eigenvalue weighted by molar-refractivity contribution is 5.75. The van der Waals surface area contributed by atoms with Crippen LogP contribution < -0.4 is 4.90 Å². The zero-order valence-corrected chi connectivity index (χ0v) is 19.5. The van der Waals surface area contributed by atoms with Crippen LogP contribution >= 0.6 is 0 Å². The molecule has 4 fully saturated rings. The molecule has 168 valence electrons. The Morgan fingerprint density at radius 2 is 1.97 bits per heavy atom. The molecule has 1 aromatic rings. The zero-order chi connectivity index (χ0) is 21.8. The fourth-order valence-corrected chi connectivity index (χ4v) is 6.97. The molecule has 4 heteroatoms. The van der Waals surface area contributed by atoms with Gasteiger partial charge in [-0.25, -0.2) is 0 Å². The normalized spacial score (nSPS) is 36.2. The number of fused-ring (bicyclic) bond motifs is 2. The Bertz CT molecular complexity index is 872. The van der Waals surface area contributed by atoms with Gasteiger partial charge in [-0.2, -0.15) is 0 Å². The first kappa shape index (κ1) is 21.1. The number of nitrogens with zero attached hydrogens (tertiary/aromatic N) is 2. The van der Waals surface area contributed by atoms with Crippen LogP contribution in [0.4, 0.5) is 5.69 Å². The molecule has 1 unspecified atom stereocenters. The molecule has 31 heavy (non-hydrogen) atoms. The van der Waals surface area contributed by atoms with Gasteiger partial charge in [0.2, 0.25) is 0 Å². The van der Waals surface area contributed by atoms with Crippen LogP contribution in [0.3, 0.4) is 0 Å². The van der Waals surface area contributed by atoms with Crippen molar-refractivity contribution in [1.29, 1.82) is 0 Å². The second-order valence-corrected chi connectivity index (χ2v) is 11.0. The van der Waals surface area contributed by atoms with Crippen molar-refractivity contribution in [3.8, 4) is 0 Å². The van der Waals surface area contributed by atoms with Gasteiger partial charge in [-0.3, -0.25) is 9.69 Å². The molecule has 2 aliphatic heterocycles. The summed E-state index contributed by atoms with van der Waals surface area (Å²) in [5.41, 5.74) is 5.73. The van der Waals surface area contributed by atoms with Crippen molar-refractivity contribution >= 4 is 11.7 Å². The van der Waals surface area contributed by atoms with Crippen molar-refractivity contribution in [3.63, 3.8) is 0 Å². The van der Waals surface area contributed by atoms with E-state index in [1.54, 1.807) is 0 Å². The molecular formula is C27H38N2O2. The van der Waals surface area contributed by atoms with Crippen molar-refractivity contribution in [2.24, 2.45) is 23.2 Å². The van der Waals surface area contributed by atoms with Crippen molar-refractivity contribution in [3.05, 3.63) is 41.5 Å². The average molecular weight is 423 g/mol. The first-order chi connectivity index (χ1) is 14.8. The highest BCUT2D eigenvalue weighted by atomic mass is 16.6. The zero-order valence-electron chi connectivity index (χ0n) is 19.5. The van der Waals surface area contributed by atoms with Crippen LogP contribution in [-0.2, 0) is 9.53 Å². The molecule has 0 aromatic heterocycles. The van der Waals surface area contributed by atoms with Gasteiger partial charge in [0.05, 0.1) is 5.92 Å². The average Bonchev–Trinajstić information content (AvgIpc) is 3.02. The Morgan fingerprint density at radius 1 is 1.19 bits per heavy atom. The number of esters is 1. The summed E-state index contributed by atoms with van der Waals surface area (Å²) < 4.78 is 5.98. The van der Waals surface area contributed by atoms with Gasteiger partial charge in [-0.05, 0) is 74.5 Å². The van der Waals surface area contributed by atoms with Gasteiger partial charge < -0.3 is 9.64 Å². The number of hydrogen-bond donors (Lipinski definition) is 0. The Morgan fingerprint density at radius 3 is 2.74 bits per heavy atom. The molecule has 2 saturated carbocycles. The summed E-state index contributed by atoms with van der Waals surface area (Å²) in [4.78, 5) is 17.9. The molecule has 0 radical (unpaired) electrons. The minimum absolute atomic E-state index is 0.0385. The molecule has 0 bridgehead atoms. The van der Waals surface area contributed by atoms with Crippen LogP contribution in [0, 0.1) is 37.0 Å². The third-order valence-electron chi connectivity index (χ3n) is 8.85. The Balaban J connectivity index is 1.23. The largest absolute Gasteiger partial charge is 0.462 e. The molecule has 0 amide bonds. The van der Waals surface area contributed by atoms with Crippen LogP contribution in [-0.4, -0.2) is 49.7 Å². The summed E-state index contributed by atoms with van der Waals surface area (Å²) >= 11 is 0. The Labute approximate surface area is 187 Å². The summed E-state index contributed by atoms with van der Waals surface area (Å²) in [5, 5.41) is 0. The quantitative estimate of drug-likeness (QED) is 0.520. The Kier molecular flexibility index (Phi) is 5.40. The topological polar surface area (TPSA) is 32.8 Å². The van der Waals surface area contributed by atoms with Crippen LogP contribution in [0.1, 0.15) is 50.2 Å². The van der Waals surface area contributed by atoms with E-state index in [9.17, 15) is 4.79 Å². The second kappa shape index (κ2) is 7.95. The van der Waals surface area contributed by atoms with Crippen molar-refractivity contribution in [1.82, 2.24) is 4.90 Å². The summed E-state index contributed by atoms with van der Waals surface area (Å²) in [7, 11) is 0. The number of carbonyl (C=O) groups is 1. The van der Waals surface area contributed by atoms with E-state index in [1.165, 1.54) is 35.2 Å². The first-order valence-electron chi connectivity index (χ1n) is 12.3. The van der Waals surface area contributed by atoms with Gasteiger partial charge in [0.15, 0.2) is 0 Å². The lowest BCUT2D eigenvalue weighted by atomic mass is 9.55. The van der Waals surface area contributed by atoms with E-state index in [0.29, 0.717) is 11.8 Å². The van der Waals surface area contributed by atoms with E-state index in [2.05, 4.69) is 55.3 Å². The maximum Gasteiger partial charge on any atom is 0.310 e. The highest BCUT2D eigenvalue weighted by Crippen LogP contribution is 2.56. The number of allylic oxidation sites excluding steroid dienone is 1. The van der Waals surface area contributed by atoms with E-state index in [4.69, 9.17) is 4.74 Å². The van der Waals surface area contributed by atoms with Crippen LogP contribution in [0.25, 0.3) is 0 Å². The fourth-order valence-electron chi connectivity index (χ4n) is 6.97. The molecule has 1 aromatic carbocycles. The van der Waals surface area contributed by atoms with E-state index in [1.807, 2.05) is 0 Å². The Hall–Kier alpha value is -1.81. The third-order valence-corrected chi connectivity index (χ3v) is 8.85. The van der Waals surface area contributed by atoms with Crippen LogP contribution in [0.15, 0.2) is 30.4 Å². The lowest BCUT2D eigenvalue weighted by Gasteiger charge is -2.50. The summed E-state index contributed by atoms with van der Waals surface area (Å²) in [5.74, 6) is 1.04. The number of piperazine rings is 1. The predicted molar refractivity (Wildman–Crippen MR) is 125 cm³/mol. The molecule has 5 rings (SSSR count). The van der Waals surface area contributed by atoms with Gasteiger partial charge >= 0.3 is 5.97 Å². The smallest absolute Gasteiger partial charge is 0.310 e. The van der Waals surface area contributed by atoms with Crippen molar-refractivity contribution in [2.45, 2.75) is 59.0 Å². The molecule has 2 aliphatic carbocycles. The lowest BCUT2D eigenvalue weighted by molar-refractivity contribution is -0.146. The van der Waals surface area contributed by atoms with Gasteiger partial charge in [-0.1, -0.05) is 31.2 Å². The van der Waals surface area contributed by atoms with Crippen molar-refractivity contribution in [2.75, 3.05) is 37.6 Å². The van der Waals surface area contributed by atoms with E-state index in [-0.39, 0.29) is 23.4 Å². The fraction of sp³-hybridized carbons (Fsp3) is 0.667. The second-order valence-electron chi connectivity index (χ2n) is 11.0. The van der Waals surface area contributed by atoms with Crippen molar-refractivity contribution < 1.29 is 9.53 Å².